The largest absolute Gasteiger partial charge is 2.00 e. The predicted octanol–water partition coefficient (Wildman–Crippen LogP) is 12.3. The van der Waals surface area contributed by atoms with Gasteiger partial charge in [0.05, 0.1) is 11.4 Å². The molecule has 1 unspecified atom stereocenters. The van der Waals surface area contributed by atoms with Crippen LogP contribution in [0.1, 0.15) is 84.1 Å². The number of anilines is 3. The summed E-state index contributed by atoms with van der Waals surface area (Å²) in [5.41, 5.74) is -11.4. The summed E-state index contributed by atoms with van der Waals surface area (Å²) in [6.07, 6.45) is -11.1. The molecule has 0 saturated heterocycles. The van der Waals surface area contributed by atoms with E-state index in [1.807, 2.05) is 0 Å². The Kier molecular flexibility index (Phi) is 10.7. The van der Waals surface area contributed by atoms with Gasteiger partial charge in [0, 0.05) is 62.5 Å². The van der Waals surface area contributed by atoms with Gasteiger partial charge in [-0.25, -0.2) is 4.98 Å². The minimum absolute atomic E-state index is 0. The second-order valence-electron chi connectivity index (χ2n) is 14.4. The van der Waals surface area contributed by atoms with Gasteiger partial charge in [-0.1, -0.05) is 88.4 Å². The van der Waals surface area contributed by atoms with Crippen LogP contribution in [0, 0.1) is 35.4 Å². The zero-order valence-electron chi connectivity index (χ0n) is 30.3. The normalized spacial score (nSPS) is 16.2. The Balaban J connectivity index is 0.00000549. The van der Waals surface area contributed by atoms with Crippen LogP contribution in [0.3, 0.4) is 0 Å². The molecule has 3 heterocycles. The average molecular weight is 973 g/mol. The second kappa shape index (κ2) is 14.7. The van der Waals surface area contributed by atoms with E-state index in [-0.39, 0.29) is 55.2 Å². The van der Waals surface area contributed by atoms with Crippen molar-refractivity contribution in [1.29, 1.82) is 0 Å². The summed E-state index contributed by atoms with van der Waals surface area (Å²) in [6, 6.07) is 28.3. The van der Waals surface area contributed by atoms with E-state index in [1.54, 1.807) is 12.1 Å². The molecule has 1 aliphatic heterocycles. The fourth-order valence-electron chi connectivity index (χ4n) is 7.08. The van der Waals surface area contributed by atoms with Crippen LogP contribution in [0.25, 0.3) is 0 Å². The summed E-state index contributed by atoms with van der Waals surface area (Å²) in [6.45, 7) is 5.26. The molecule has 14 heteroatoms. The summed E-state index contributed by atoms with van der Waals surface area (Å²) in [4.78, 5) is 10.1. The number of hydrogen-bond donors (Lipinski definition) is 0. The first-order valence-corrected chi connectivity index (χ1v) is 17.1. The van der Waals surface area contributed by atoms with Gasteiger partial charge >= 0.3 is 33.4 Å². The number of nitrogens with zero attached hydrogens (tertiary/aromatic N) is 3. The second-order valence-corrected chi connectivity index (χ2v) is 14.4. The van der Waals surface area contributed by atoms with E-state index in [2.05, 4.69) is 22.1 Å². The van der Waals surface area contributed by atoms with Crippen molar-refractivity contribution in [1.82, 2.24) is 9.97 Å². The van der Waals surface area contributed by atoms with Gasteiger partial charge < -0.3 is 4.90 Å². The summed E-state index contributed by atoms with van der Waals surface area (Å²) < 4.78 is 155. The van der Waals surface area contributed by atoms with Crippen LogP contribution in [-0.2, 0) is 44.2 Å². The van der Waals surface area contributed by atoms with E-state index in [0.29, 0.717) is 0 Å². The molecular weight excluding hydrogens is 944 g/mol. The Morgan fingerprint density at radius 2 is 1.05 bits per heavy atom. The fourth-order valence-corrected chi connectivity index (χ4v) is 7.08. The van der Waals surface area contributed by atoms with Gasteiger partial charge in [-0.05, 0) is 47.6 Å². The van der Waals surface area contributed by atoms with Crippen LogP contribution in [-0.4, -0.2) is 9.97 Å². The number of benzene rings is 4. The molecule has 6 aromatic rings. The third kappa shape index (κ3) is 7.13. The molecular formula is C43H29F10N3Pt. The van der Waals surface area contributed by atoms with Gasteiger partial charge in [0.25, 0.3) is 0 Å². The minimum atomic E-state index is -5.55. The predicted molar refractivity (Wildman–Crippen MR) is 189 cm³/mol. The SMILES string of the molecule is CC1(C)c2cccc(n2)N(c2ccccc2)c2[c-]c(c(F)c(C(F)(F)F)c2F)C(C)(C)c2cccc(n2)C(c2ccccc2)c2[c-]c1c(F)c(C(F)(F)F)c2F.[Pt+2]. The molecule has 4 aromatic carbocycles. The van der Waals surface area contributed by atoms with Gasteiger partial charge in [0.15, 0.2) is 0 Å². The zero-order chi connectivity index (χ0) is 40.5. The van der Waals surface area contributed by atoms with Crippen molar-refractivity contribution in [2.24, 2.45) is 0 Å². The molecule has 0 N–H and O–H groups in total. The van der Waals surface area contributed by atoms with E-state index >= 15 is 17.6 Å². The maximum atomic E-state index is 16.5. The van der Waals surface area contributed by atoms with Crippen LogP contribution in [0.2, 0.25) is 0 Å². The first-order chi connectivity index (χ1) is 26.2. The molecule has 0 radical (unpaired) electrons. The van der Waals surface area contributed by atoms with E-state index in [1.165, 1.54) is 113 Å². The van der Waals surface area contributed by atoms with Crippen LogP contribution in [0.15, 0.2) is 97.1 Å². The molecule has 3 nitrogen and oxygen atoms in total. The Bertz CT molecular complexity index is 2290. The number of aromatic nitrogens is 2. The third-order valence-corrected chi connectivity index (χ3v) is 10.1. The van der Waals surface area contributed by atoms with Crippen molar-refractivity contribution >= 4 is 17.2 Å². The van der Waals surface area contributed by atoms with Gasteiger partial charge in [0.1, 0.15) is 5.82 Å². The van der Waals surface area contributed by atoms with Crippen molar-refractivity contribution in [2.75, 3.05) is 4.90 Å². The number of fused-ring (bicyclic) bond motifs is 8. The Morgan fingerprint density at radius 3 is 1.61 bits per heavy atom. The molecule has 0 amide bonds. The Labute approximate surface area is 335 Å². The molecule has 296 valence electrons. The number of hydrogen-bond acceptors (Lipinski definition) is 3. The Hall–Kier alpha value is -5.03. The number of pyridine rings is 2. The average Bonchev–Trinajstić information content (AvgIpc) is 3.13. The third-order valence-electron chi connectivity index (χ3n) is 10.1. The molecule has 8 bridgehead atoms. The Morgan fingerprint density at radius 1 is 0.561 bits per heavy atom. The minimum Gasteiger partial charge on any atom is -0.316 e. The van der Waals surface area contributed by atoms with E-state index in [4.69, 9.17) is 0 Å². The molecule has 1 atom stereocenters. The molecule has 2 aromatic heterocycles. The summed E-state index contributed by atoms with van der Waals surface area (Å²) in [7, 11) is 0. The zero-order valence-corrected chi connectivity index (χ0v) is 32.5. The molecule has 0 fully saturated rings. The van der Waals surface area contributed by atoms with Crippen molar-refractivity contribution in [2.45, 2.75) is 56.8 Å². The maximum Gasteiger partial charge on any atom is 2.00 e. The van der Waals surface area contributed by atoms with E-state index < -0.39 is 85.9 Å². The first kappa shape index (κ1) is 41.6. The van der Waals surface area contributed by atoms with Crippen molar-refractivity contribution in [3.8, 4) is 0 Å². The topological polar surface area (TPSA) is 29.0 Å². The number of alkyl halides is 6. The first-order valence-electron chi connectivity index (χ1n) is 17.1. The van der Waals surface area contributed by atoms with Crippen LogP contribution < -0.4 is 4.90 Å². The molecule has 7 rings (SSSR count). The number of para-hydroxylation sites is 1. The van der Waals surface area contributed by atoms with Crippen LogP contribution in [0.4, 0.5) is 61.1 Å². The number of rotatable bonds is 2. The quantitative estimate of drug-likeness (QED) is 0.128. The summed E-state index contributed by atoms with van der Waals surface area (Å²) in [5, 5.41) is 0. The van der Waals surface area contributed by atoms with Crippen molar-refractivity contribution in [3.63, 3.8) is 0 Å². The monoisotopic (exact) mass is 972 g/mol. The van der Waals surface area contributed by atoms with Gasteiger partial charge in [-0.2, -0.15) is 32.4 Å². The standard InChI is InChI=1S/C43H29F10N3.Pt/c1-40(2)26-21-25(36(44)34(37(26)45)42(48,49)50)33(23-13-7-5-8-14-23)28-17-11-18-30(54-28)41(3,4)27-22-29(39(47)35(38(27)46)43(51,52)53)56(24-15-9-6-10-16-24)32-20-12-19-31(40)55-32;/h5-20,33H,1-4H3;/q-2;+2. The van der Waals surface area contributed by atoms with Crippen molar-refractivity contribution in [3.05, 3.63) is 183 Å². The molecule has 0 spiro atoms. The van der Waals surface area contributed by atoms with E-state index in [0.717, 1.165) is 4.90 Å². The summed E-state index contributed by atoms with van der Waals surface area (Å²) in [5.74, 6) is -9.69. The van der Waals surface area contributed by atoms with Gasteiger partial charge in [0.2, 0.25) is 0 Å². The maximum absolute atomic E-state index is 16.5. The van der Waals surface area contributed by atoms with Crippen molar-refractivity contribution < 1.29 is 65.0 Å². The summed E-state index contributed by atoms with van der Waals surface area (Å²) >= 11 is 0. The van der Waals surface area contributed by atoms with Crippen LogP contribution in [0.5, 0.6) is 0 Å². The number of halogens is 10. The molecule has 57 heavy (non-hydrogen) atoms. The van der Waals surface area contributed by atoms with Gasteiger partial charge in [-0.3, -0.25) is 22.5 Å². The van der Waals surface area contributed by atoms with E-state index in [9.17, 15) is 26.3 Å². The molecule has 1 aliphatic rings. The molecule has 0 saturated carbocycles. The molecule has 0 aliphatic carbocycles. The smallest absolute Gasteiger partial charge is 0.316 e. The van der Waals surface area contributed by atoms with Crippen LogP contribution >= 0.6 is 0 Å². The fraction of sp³-hybridized carbons (Fsp3) is 0.209. The van der Waals surface area contributed by atoms with Gasteiger partial charge in [-0.15, -0.1) is 22.8 Å².